The van der Waals surface area contributed by atoms with E-state index in [4.69, 9.17) is 11.6 Å². The lowest BCUT2D eigenvalue weighted by Crippen LogP contribution is -2.26. The first-order valence-electron chi connectivity index (χ1n) is 4.59. The van der Waals surface area contributed by atoms with Crippen molar-refractivity contribution in [2.45, 2.75) is 38.6 Å². The predicted molar refractivity (Wildman–Crippen MR) is 50.3 cm³/mol. The summed E-state index contributed by atoms with van der Waals surface area (Å²) in [7, 11) is 0. The molecule has 3 heteroatoms. The Morgan fingerprint density at radius 2 is 2.25 bits per heavy atom. The summed E-state index contributed by atoms with van der Waals surface area (Å²) < 4.78 is 0. The van der Waals surface area contributed by atoms with Gasteiger partial charge in [0.1, 0.15) is 0 Å². The van der Waals surface area contributed by atoms with Crippen LogP contribution in [-0.2, 0) is 4.79 Å². The van der Waals surface area contributed by atoms with Crippen LogP contribution >= 0.6 is 11.6 Å². The van der Waals surface area contributed by atoms with Crippen LogP contribution in [0.2, 0.25) is 0 Å². The molecule has 2 unspecified atom stereocenters. The van der Waals surface area contributed by atoms with Gasteiger partial charge in [-0.25, -0.2) is 0 Å². The van der Waals surface area contributed by atoms with Crippen molar-refractivity contribution in [2.75, 3.05) is 5.88 Å². The largest absolute Gasteiger partial charge is 0.353 e. The van der Waals surface area contributed by atoms with Gasteiger partial charge in [-0.05, 0) is 25.2 Å². The molecule has 12 heavy (non-hydrogen) atoms. The summed E-state index contributed by atoms with van der Waals surface area (Å²) in [6, 6.07) is 0.466. The van der Waals surface area contributed by atoms with Crippen molar-refractivity contribution < 1.29 is 4.79 Å². The Balaban J connectivity index is 1.97. The van der Waals surface area contributed by atoms with Crippen LogP contribution in [0.3, 0.4) is 0 Å². The lowest BCUT2D eigenvalue weighted by atomic mass is 10.2. The summed E-state index contributed by atoms with van der Waals surface area (Å²) in [6.45, 7) is 2.16. The number of carbonyl (C=O) groups excluding carboxylic acids is 1. The number of hydrogen-bond acceptors (Lipinski definition) is 1. The van der Waals surface area contributed by atoms with Crippen LogP contribution < -0.4 is 5.32 Å². The van der Waals surface area contributed by atoms with E-state index >= 15 is 0 Å². The molecule has 2 atom stereocenters. The molecule has 0 bridgehead atoms. The molecular formula is C9H16ClNO. The molecule has 70 valence electrons. The minimum absolute atomic E-state index is 0.189. The van der Waals surface area contributed by atoms with Crippen LogP contribution in [0.5, 0.6) is 0 Å². The molecule has 1 rings (SSSR count). The van der Waals surface area contributed by atoms with Crippen molar-refractivity contribution in [2.24, 2.45) is 5.92 Å². The van der Waals surface area contributed by atoms with E-state index in [9.17, 15) is 4.79 Å². The minimum Gasteiger partial charge on any atom is -0.353 e. The molecule has 1 aliphatic carbocycles. The number of amides is 1. The fraction of sp³-hybridized carbons (Fsp3) is 0.889. The van der Waals surface area contributed by atoms with Crippen LogP contribution in [-0.4, -0.2) is 17.8 Å². The zero-order valence-electron chi connectivity index (χ0n) is 7.48. The third-order valence-electron chi connectivity index (χ3n) is 2.24. The monoisotopic (exact) mass is 189 g/mol. The third-order valence-corrected chi connectivity index (χ3v) is 2.51. The molecule has 0 aliphatic heterocycles. The second-order valence-corrected chi connectivity index (χ2v) is 3.91. The molecule has 1 aliphatic rings. The molecular weight excluding hydrogens is 174 g/mol. The Labute approximate surface area is 78.7 Å². The maximum atomic E-state index is 11.2. The van der Waals surface area contributed by atoms with Crippen molar-refractivity contribution in [3.05, 3.63) is 0 Å². The maximum absolute atomic E-state index is 11.2. The van der Waals surface area contributed by atoms with E-state index in [1.807, 2.05) is 0 Å². The van der Waals surface area contributed by atoms with Crippen LogP contribution in [0.1, 0.15) is 32.6 Å². The number of hydrogen-bond donors (Lipinski definition) is 1. The number of halogens is 1. The van der Waals surface area contributed by atoms with Crippen LogP contribution in [0.4, 0.5) is 0 Å². The predicted octanol–water partition coefficient (Wildman–Crippen LogP) is 1.92. The van der Waals surface area contributed by atoms with E-state index in [1.165, 1.54) is 0 Å². The summed E-state index contributed by atoms with van der Waals surface area (Å²) in [5.74, 6) is 1.55. The van der Waals surface area contributed by atoms with Gasteiger partial charge in [0.05, 0.1) is 0 Å². The van der Waals surface area contributed by atoms with E-state index in [2.05, 4.69) is 12.2 Å². The van der Waals surface area contributed by atoms with Gasteiger partial charge in [-0.15, -0.1) is 11.6 Å². The van der Waals surface area contributed by atoms with Crippen molar-refractivity contribution in [3.8, 4) is 0 Å². The fourth-order valence-corrected chi connectivity index (χ4v) is 1.37. The molecule has 1 amide bonds. The summed E-state index contributed by atoms with van der Waals surface area (Å²) >= 11 is 5.49. The lowest BCUT2D eigenvalue weighted by molar-refractivity contribution is -0.121. The number of rotatable bonds is 5. The highest BCUT2D eigenvalue weighted by Crippen LogP contribution is 2.28. The summed E-state index contributed by atoms with van der Waals surface area (Å²) in [5.41, 5.74) is 0. The molecule has 0 aromatic rings. The SMILES string of the molecule is CC1CC1NC(=O)CCCCCl. The van der Waals surface area contributed by atoms with Crippen molar-refractivity contribution in [3.63, 3.8) is 0 Å². The molecule has 2 nitrogen and oxygen atoms in total. The Morgan fingerprint density at radius 1 is 1.58 bits per heavy atom. The van der Waals surface area contributed by atoms with Gasteiger partial charge in [0.25, 0.3) is 0 Å². The van der Waals surface area contributed by atoms with Gasteiger partial charge in [-0.2, -0.15) is 0 Å². The first-order valence-corrected chi connectivity index (χ1v) is 5.13. The Hall–Kier alpha value is -0.240. The number of alkyl halides is 1. The topological polar surface area (TPSA) is 29.1 Å². The summed E-state index contributed by atoms with van der Waals surface area (Å²) in [4.78, 5) is 11.2. The number of nitrogens with one attached hydrogen (secondary N) is 1. The Kier molecular flexibility index (Phi) is 3.86. The Morgan fingerprint density at radius 3 is 2.75 bits per heavy atom. The number of carbonyl (C=O) groups is 1. The smallest absolute Gasteiger partial charge is 0.220 e. The normalized spacial score (nSPS) is 26.8. The Bertz CT molecular complexity index is 161. The average molecular weight is 190 g/mol. The maximum Gasteiger partial charge on any atom is 0.220 e. The molecule has 1 fully saturated rings. The highest BCUT2D eigenvalue weighted by Gasteiger charge is 2.33. The second-order valence-electron chi connectivity index (χ2n) is 3.53. The number of unbranched alkanes of at least 4 members (excludes halogenated alkanes) is 1. The van der Waals surface area contributed by atoms with E-state index in [0.717, 1.165) is 19.3 Å². The molecule has 0 aromatic carbocycles. The highest BCUT2D eigenvalue weighted by atomic mass is 35.5. The van der Waals surface area contributed by atoms with E-state index < -0.39 is 0 Å². The van der Waals surface area contributed by atoms with Crippen molar-refractivity contribution in [1.82, 2.24) is 5.32 Å². The fourth-order valence-electron chi connectivity index (χ4n) is 1.18. The molecule has 0 radical (unpaired) electrons. The van der Waals surface area contributed by atoms with Crippen LogP contribution in [0.15, 0.2) is 0 Å². The highest BCUT2D eigenvalue weighted by molar-refractivity contribution is 6.17. The first kappa shape index (κ1) is 9.85. The van der Waals surface area contributed by atoms with Crippen molar-refractivity contribution in [1.29, 1.82) is 0 Å². The molecule has 0 heterocycles. The van der Waals surface area contributed by atoms with E-state index in [-0.39, 0.29) is 5.91 Å². The van der Waals surface area contributed by atoms with Gasteiger partial charge in [-0.1, -0.05) is 6.92 Å². The van der Waals surface area contributed by atoms with Crippen LogP contribution in [0, 0.1) is 5.92 Å². The molecule has 1 N–H and O–H groups in total. The van der Waals surface area contributed by atoms with E-state index in [1.54, 1.807) is 0 Å². The zero-order chi connectivity index (χ0) is 8.97. The van der Waals surface area contributed by atoms with Gasteiger partial charge in [0.2, 0.25) is 5.91 Å². The summed E-state index contributed by atoms with van der Waals surface area (Å²) in [5, 5.41) is 2.98. The van der Waals surface area contributed by atoms with Crippen LogP contribution in [0.25, 0.3) is 0 Å². The van der Waals surface area contributed by atoms with Gasteiger partial charge in [0, 0.05) is 18.3 Å². The molecule has 0 aromatic heterocycles. The quantitative estimate of drug-likeness (QED) is 0.520. The molecule has 0 saturated heterocycles. The third kappa shape index (κ3) is 3.44. The molecule has 1 saturated carbocycles. The zero-order valence-corrected chi connectivity index (χ0v) is 8.23. The van der Waals surface area contributed by atoms with Gasteiger partial charge in [-0.3, -0.25) is 4.79 Å². The molecule has 0 spiro atoms. The van der Waals surface area contributed by atoms with Crippen molar-refractivity contribution >= 4 is 17.5 Å². The van der Waals surface area contributed by atoms with E-state index in [0.29, 0.717) is 24.3 Å². The summed E-state index contributed by atoms with van der Waals surface area (Å²) in [6.07, 6.45) is 3.64. The van der Waals surface area contributed by atoms with Gasteiger partial charge in [0.15, 0.2) is 0 Å². The second kappa shape index (κ2) is 4.70. The van der Waals surface area contributed by atoms with Gasteiger partial charge >= 0.3 is 0 Å². The first-order chi connectivity index (χ1) is 5.74. The standard InChI is InChI=1S/C9H16ClNO/c1-7-6-8(7)11-9(12)4-2-3-5-10/h7-8H,2-6H2,1H3,(H,11,12). The average Bonchev–Trinajstić information content (AvgIpc) is 2.67. The van der Waals surface area contributed by atoms with Gasteiger partial charge < -0.3 is 5.32 Å². The minimum atomic E-state index is 0.189. The lowest BCUT2D eigenvalue weighted by Gasteiger charge is -2.01.